The molecule has 0 spiro atoms. The largest absolute Gasteiger partial charge is 0.377 e. The molecule has 2 heterocycles. The highest BCUT2D eigenvalue weighted by Crippen LogP contribution is 2.33. The number of hydrogen-bond donors (Lipinski definition) is 1. The van der Waals surface area contributed by atoms with Crippen LogP contribution >= 0.6 is 11.6 Å². The molecule has 0 radical (unpaired) electrons. The third-order valence-corrected chi connectivity index (χ3v) is 7.19. The molecule has 0 saturated carbocycles. The van der Waals surface area contributed by atoms with Gasteiger partial charge in [-0.15, -0.1) is 0 Å². The van der Waals surface area contributed by atoms with Gasteiger partial charge >= 0.3 is 0 Å². The molecule has 4 rings (SSSR count). The zero-order chi connectivity index (χ0) is 22.9. The van der Waals surface area contributed by atoms with Crippen LogP contribution in [0.2, 0.25) is 5.02 Å². The second-order valence-corrected chi connectivity index (χ2v) is 9.90. The van der Waals surface area contributed by atoms with Crippen LogP contribution in [0, 0.1) is 0 Å². The number of aryl methyl sites for hydroxylation is 1. The number of sulfonamides is 1. The van der Waals surface area contributed by atoms with Crippen LogP contribution in [0.15, 0.2) is 60.0 Å². The van der Waals surface area contributed by atoms with Crippen LogP contribution in [0.5, 0.6) is 0 Å². The molecule has 0 aliphatic carbocycles. The van der Waals surface area contributed by atoms with Crippen molar-refractivity contribution >= 4 is 38.8 Å². The lowest BCUT2D eigenvalue weighted by Gasteiger charge is -2.24. The Kier molecular flexibility index (Phi) is 6.23. The van der Waals surface area contributed by atoms with Gasteiger partial charge in [-0.1, -0.05) is 23.7 Å². The fourth-order valence-electron chi connectivity index (χ4n) is 3.65. The third-order valence-electron chi connectivity index (χ3n) is 5.28. The van der Waals surface area contributed by atoms with Crippen LogP contribution in [-0.2, 0) is 39.6 Å². The summed E-state index contributed by atoms with van der Waals surface area (Å²) >= 11 is 5.99. The number of anilines is 2. The number of methoxy groups -OCH3 is 1. The van der Waals surface area contributed by atoms with E-state index >= 15 is 0 Å². The van der Waals surface area contributed by atoms with E-state index < -0.39 is 16.1 Å². The standard InChI is InChI=1S/C22H23ClN4O4S/c1-26-12-22(24-14-26)32(29,30)27(11-15-3-5-17(23)6-4-15)18-7-8-19-16(9-18)10-20(25-19)21(28)13-31-2/h3-9,12,14,20,25H,10-11,13H2,1-2H3. The number of nitrogens with one attached hydrogen (secondary N) is 1. The highest BCUT2D eigenvalue weighted by Gasteiger charge is 2.31. The molecule has 0 fully saturated rings. The third kappa shape index (κ3) is 4.50. The summed E-state index contributed by atoms with van der Waals surface area (Å²) in [6, 6.07) is 12.0. The van der Waals surface area contributed by atoms with Crippen LogP contribution < -0.4 is 9.62 Å². The Bertz CT molecular complexity index is 1240. The molecule has 8 nitrogen and oxygen atoms in total. The zero-order valence-corrected chi connectivity index (χ0v) is 19.2. The number of imidazole rings is 1. The highest BCUT2D eigenvalue weighted by molar-refractivity contribution is 7.92. The summed E-state index contributed by atoms with van der Waals surface area (Å²) in [6.45, 7) is 0.129. The molecule has 1 aromatic heterocycles. The first-order valence-electron chi connectivity index (χ1n) is 9.94. The van der Waals surface area contributed by atoms with Gasteiger partial charge < -0.3 is 14.6 Å². The van der Waals surface area contributed by atoms with Crippen molar-refractivity contribution in [3.05, 3.63) is 71.1 Å². The van der Waals surface area contributed by atoms with Crippen LogP contribution in [-0.4, -0.2) is 43.5 Å². The number of carbonyl (C=O) groups is 1. The average Bonchev–Trinajstić information content (AvgIpc) is 3.39. The number of Topliss-reactive ketones (excluding diaryl/α,β-unsaturated/α-hetero) is 1. The van der Waals surface area contributed by atoms with Gasteiger partial charge in [0.1, 0.15) is 6.61 Å². The monoisotopic (exact) mass is 474 g/mol. The molecule has 3 aromatic rings. The predicted molar refractivity (Wildman–Crippen MR) is 122 cm³/mol. The van der Waals surface area contributed by atoms with Crippen molar-refractivity contribution in [3.63, 3.8) is 0 Å². The molecule has 0 saturated heterocycles. The molecule has 0 amide bonds. The highest BCUT2D eigenvalue weighted by atomic mass is 35.5. The van der Waals surface area contributed by atoms with Crippen molar-refractivity contribution in [2.75, 3.05) is 23.3 Å². The van der Waals surface area contributed by atoms with Crippen molar-refractivity contribution < 1.29 is 17.9 Å². The van der Waals surface area contributed by atoms with E-state index in [0.717, 1.165) is 16.8 Å². The van der Waals surface area contributed by atoms with Gasteiger partial charge in [0, 0.05) is 37.5 Å². The fourth-order valence-corrected chi connectivity index (χ4v) is 5.19. The van der Waals surface area contributed by atoms with E-state index in [4.69, 9.17) is 16.3 Å². The number of aromatic nitrogens is 2. The summed E-state index contributed by atoms with van der Waals surface area (Å²) in [5.74, 6) is -0.0515. The number of fused-ring (bicyclic) bond motifs is 1. The molecule has 1 aliphatic rings. The fraction of sp³-hybridized carbons (Fsp3) is 0.273. The number of hydrogen-bond acceptors (Lipinski definition) is 6. The van der Waals surface area contributed by atoms with Gasteiger partial charge in [0.2, 0.25) is 0 Å². The van der Waals surface area contributed by atoms with E-state index in [1.807, 2.05) is 0 Å². The lowest BCUT2D eigenvalue weighted by molar-refractivity contribution is -0.123. The molecule has 10 heteroatoms. The van der Waals surface area contributed by atoms with Gasteiger partial charge in [-0.2, -0.15) is 8.42 Å². The van der Waals surface area contributed by atoms with E-state index in [-0.39, 0.29) is 24.0 Å². The molecule has 168 valence electrons. The van der Waals surface area contributed by atoms with Crippen LogP contribution in [0.25, 0.3) is 0 Å². The zero-order valence-electron chi connectivity index (χ0n) is 17.7. The Labute approximate surface area is 191 Å². The molecule has 1 N–H and O–H groups in total. The predicted octanol–water partition coefficient (Wildman–Crippen LogP) is 3.02. The number of carbonyl (C=O) groups excluding carboxylic acids is 1. The van der Waals surface area contributed by atoms with Gasteiger partial charge in [-0.25, -0.2) is 4.98 Å². The molecule has 2 aromatic carbocycles. The Morgan fingerprint density at radius 3 is 2.69 bits per heavy atom. The molecule has 1 atom stereocenters. The van der Waals surface area contributed by atoms with E-state index in [2.05, 4.69) is 10.3 Å². The van der Waals surface area contributed by atoms with Crippen molar-refractivity contribution in [3.8, 4) is 0 Å². The summed E-state index contributed by atoms with van der Waals surface area (Å²) in [4.78, 5) is 16.3. The van der Waals surface area contributed by atoms with Gasteiger partial charge in [0.05, 0.1) is 24.6 Å². The summed E-state index contributed by atoms with van der Waals surface area (Å²) in [5.41, 5.74) is 2.95. The molecular weight excluding hydrogens is 452 g/mol. The van der Waals surface area contributed by atoms with E-state index in [1.54, 1.807) is 54.1 Å². The Morgan fingerprint density at radius 1 is 1.28 bits per heavy atom. The second-order valence-electron chi connectivity index (χ2n) is 7.66. The minimum absolute atomic E-state index is 0.0231. The maximum atomic E-state index is 13.5. The van der Waals surface area contributed by atoms with Gasteiger partial charge in [-0.05, 0) is 41.5 Å². The molecule has 1 aliphatic heterocycles. The quantitative estimate of drug-likeness (QED) is 0.539. The summed E-state index contributed by atoms with van der Waals surface area (Å²) in [6.07, 6.45) is 3.38. The molecule has 1 unspecified atom stereocenters. The molecular formula is C22H23ClN4O4S. The Balaban J connectivity index is 1.70. The van der Waals surface area contributed by atoms with E-state index in [1.165, 1.54) is 23.9 Å². The van der Waals surface area contributed by atoms with Crippen molar-refractivity contribution in [1.82, 2.24) is 9.55 Å². The minimum Gasteiger partial charge on any atom is -0.377 e. The number of halogens is 1. The van der Waals surface area contributed by atoms with Crippen molar-refractivity contribution in [2.45, 2.75) is 24.0 Å². The van der Waals surface area contributed by atoms with Gasteiger partial charge in [0.25, 0.3) is 10.0 Å². The number of ketones is 1. The number of nitrogens with zero attached hydrogens (tertiary/aromatic N) is 3. The first-order chi connectivity index (χ1) is 15.3. The van der Waals surface area contributed by atoms with Crippen LogP contribution in [0.1, 0.15) is 11.1 Å². The maximum absolute atomic E-state index is 13.5. The van der Waals surface area contributed by atoms with E-state index in [0.29, 0.717) is 17.1 Å². The van der Waals surface area contributed by atoms with Crippen molar-refractivity contribution in [2.24, 2.45) is 7.05 Å². The Morgan fingerprint density at radius 2 is 2.03 bits per heavy atom. The first kappa shape index (κ1) is 22.3. The topological polar surface area (TPSA) is 93.5 Å². The van der Waals surface area contributed by atoms with Crippen LogP contribution in [0.3, 0.4) is 0 Å². The normalized spacial score (nSPS) is 15.3. The van der Waals surface area contributed by atoms with Gasteiger partial charge in [-0.3, -0.25) is 9.10 Å². The van der Waals surface area contributed by atoms with E-state index in [9.17, 15) is 13.2 Å². The van der Waals surface area contributed by atoms with Gasteiger partial charge in [0.15, 0.2) is 10.8 Å². The smallest absolute Gasteiger partial charge is 0.283 e. The summed E-state index contributed by atoms with van der Waals surface area (Å²) in [7, 11) is -0.739. The number of ether oxygens (including phenoxy) is 1. The molecule has 32 heavy (non-hydrogen) atoms. The summed E-state index contributed by atoms with van der Waals surface area (Å²) < 4.78 is 34.9. The average molecular weight is 475 g/mol. The summed E-state index contributed by atoms with van der Waals surface area (Å²) in [5, 5.41) is 3.72. The first-order valence-corrected chi connectivity index (χ1v) is 11.8. The Hall–Kier alpha value is -2.88. The maximum Gasteiger partial charge on any atom is 0.283 e. The molecule has 0 bridgehead atoms. The number of benzene rings is 2. The lowest BCUT2D eigenvalue weighted by Crippen LogP contribution is -2.31. The van der Waals surface area contributed by atoms with Crippen LogP contribution in [0.4, 0.5) is 11.4 Å². The number of rotatable bonds is 8. The van der Waals surface area contributed by atoms with Crippen molar-refractivity contribution in [1.29, 1.82) is 0 Å². The SMILES string of the molecule is COCC(=O)C1Cc2cc(N(Cc3ccc(Cl)cc3)S(=O)(=O)c3cn(C)cn3)ccc2N1. The minimum atomic E-state index is -3.94. The second kappa shape index (κ2) is 8.93. The lowest BCUT2D eigenvalue weighted by atomic mass is 10.1.